The van der Waals surface area contributed by atoms with Gasteiger partial charge in [-0.25, -0.2) is 0 Å². The summed E-state index contributed by atoms with van der Waals surface area (Å²) in [7, 11) is 0. The van der Waals surface area contributed by atoms with Crippen molar-refractivity contribution in [3.63, 3.8) is 0 Å². The van der Waals surface area contributed by atoms with Gasteiger partial charge in [-0.2, -0.15) is 0 Å². The summed E-state index contributed by atoms with van der Waals surface area (Å²) in [4.78, 5) is 26.9. The predicted octanol–water partition coefficient (Wildman–Crippen LogP) is 2.98. The number of piperidine rings is 1. The summed E-state index contributed by atoms with van der Waals surface area (Å²) in [6.07, 6.45) is 3.48. The monoisotopic (exact) mass is 358 g/mol. The molecule has 25 heavy (non-hydrogen) atoms. The van der Waals surface area contributed by atoms with Gasteiger partial charge in [-0.1, -0.05) is 36.5 Å². The Balaban J connectivity index is 1.60. The number of rotatable bonds is 5. The number of nitrogens with zero attached hydrogens (tertiary/aromatic N) is 3. The minimum atomic E-state index is -0.208. The molecule has 1 aromatic carbocycles. The molecule has 0 aliphatic carbocycles. The fourth-order valence-electron chi connectivity index (χ4n) is 2.97. The lowest BCUT2D eigenvalue weighted by Gasteiger charge is -2.31. The number of aryl methyl sites for hydroxylation is 1. The SMILES string of the molecule is CCCc1nnc(NC(=O)C2CCCN(C(=O)c3ccccc3)C2)s1. The van der Waals surface area contributed by atoms with Crippen LogP contribution in [0.5, 0.6) is 0 Å². The Bertz CT molecular complexity index is 732. The Kier molecular flexibility index (Phi) is 5.75. The Labute approximate surface area is 151 Å². The summed E-state index contributed by atoms with van der Waals surface area (Å²) in [6, 6.07) is 9.21. The molecular formula is C18H22N4O2S. The lowest BCUT2D eigenvalue weighted by atomic mass is 9.96. The molecule has 1 unspecified atom stereocenters. The van der Waals surface area contributed by atoms with Gasteiger partial charge in [0.1, 0.15) is 5.01 Å². The van der Waals surface area contributed by atoms with E-state index < -0.39 is 0 Å². The van der Waals surface area contributed by atoms with E-state index in [2.05, 4.69) is 22.4 Å². The minimum absolute atomic E-state index is 0.0146. The fourth-order valence-corrected chi connectivity index (χ4v) is 3.81. The van der Waals surface area contributed by atoms with E-state index in [-0.39, 0.29) is 17.7 Å². The summed E-state index contributed by atoms with van der Waals surface area (Å²) in [5, 5.41) is 12.4. The first-order valence-electron chi connectivity index (χ1n) is 8.65. The highest BCUT2D eigenvalue weighted by atomic mass is 32.1. The maximum Gasteiger partial charge on any atom is 0.253 e. The number of hydrogen-bond acceptors (Lipinski definition) is 5. The molecule has 132 valence electrons. The molecule has 1 aliphatic heterocycles. The number of nitrogens with one attached hydrogen (secondary N) is 1. The topological polar surface area (TPSA) is 75.2 Å². The lowest BCUT2D eigenvalue weighted by Crippen LogP contribution is -2.43. The highest BCUT2D eigenvalue weighted by Crippen LogP contribution is 2.22. The zero-order valence-corrected chi connectivity index (χ0v) is 15.1. The summed E-state index contributed by atoms with van der Waals surface area (Å²) < 4.78 is 0. The Morgan fingerprint density at radius 3 is 2.84 bits per heavy atom. The fraction of sp³-hybridized carbons (Fsp3) is 0.444. The van der Waals surface area contributed by atoms with E-state index in [1.54, 1.807) is 4.90 Å². The number of amides is 2. The van der Waals surface area contributed by atoms with Gasteiger partial charge in [-0.05, 0) is 31.4 Å². The van der Waals surface area contributed by atoms with Crippen LogP contribution in [0.15, 0.2) is 30.3 Å². The van der Waals surface area contributed by atoms with E-state index in [1.807, 2.05) is 30.3 Å². The van der Waals surface area contributed by atoms with Crippen molar-refractivity contribution in [3.05, 3.63) is 40.9 Å². The first kappa shape index (κ1) is 17.5. The molecule has 3 rings (SSSR count). The molecule has 1 N–H and O–H groups in total. The maximum atomic E-state index is 12.6. The molecule has 0 spiro atoms. The van der Waals surface area contributed by atoms with E-state index >= 15 is 0 Å². The summed E-state index contributed by atoms with van der Waals surface area (Å²) in [6.45, 7) is 3.22. The van der Waals surface area contributed by atoms with Crippen molar-refractivity contribution in [2.75, 3.05) is 18.4 Å². The van der Waals surface area contributed by atoms with Gasteiger partial charge < -0.3 is 10.2 Å². The molecule has 0 bridgehead atoms. The van der Waals surface area contributed by atoms with Crippen LogP contribution in [0.3, 0.4) is 0 Å². The third-order valence-corrected chi connectivity index (χ3v) is 5.16. The van der Waals surface area contributed by atoms with E-state index in [1.165, 1.54) is 11.3 Å². The highest BCUT2D eigenvalue weighted by Gasteiger charge is 2.29. The van der Waals surface area contributed by atoms with E-state index in [0.717, 1.165) is 30.7 Å². The van der Waals surface area contributed by atoms with Crippen molar-refractivity contribution in [1.29, 1.82) is 0 Å². The summed E-state index contributed by atoms with van der Waals surface area (Å²) >= 11 is 1.42. The van der Waals surface area contributed by atoms with Gasteiger partial charge in [0.15, 0.2) is 0 Å². The molecule has 2 aromatic rings. The minimum Gasteiger partial charge on any atom is -0.338 e. The molecule has 7 heteroatoms. The van der Waals surface area contributed by atoms with Gasteiger partial charge in [0.25, 0.3) is 5.91 Å². The predicted molar refractivity (Wildman–Crippen MR) is 97.6 cm³/mol. The van der Waals surface area contributed by atoms with Crippen LogP contribution in [-0.2, 0) is 11.2 Å². The van der Waals surface area contributed by atoms with Gasteiger partial charge in [-0.15, -0.1) is 10.2 Å². The Hall–Kier alpha value is -2.28. The van der Waals surface area contributed by atoms with Crippen molar-refractivity contribution in [1.82, 2.24) is 15.1 Å². The average molecular weight is 358 g/mol. The third kappa shape index (κ3) is 4.42. The second-order valence-electron chi connectivity index (χ2n) is 6.20. The van der Waals surface area contributed by atoms with Crippen LogP contribution in [0.25, 0.3) is 0 Å². The van der Waals surface area contributed by atoms with E-state index in [9.17, 15) is 9.59 Å². The maximum absolute atomic E-state index is 12.6. The van der Waals surface area contributed by atoms with Crippen molar-refractivity contribution in [2.24, 2.45) is 5.92 Å². The molecule has 0 saturated carbocycles. The smallest absolute Gasteiger partial charge is 0.253 e. The molecular weight excluding hydrogens is 336 g/mol. The average Bonchev–Trinajstić information content (AvgIpc) is 3.09. The van der Waals surface area contributed by atoms with Crippen LogP contribution in [0, 0.1) is 5.92 Å². The second-order valence-corrected chi connectivity index (χ2v) is 7.26. The van der Waals surface area contributed by atoms with Crippen LogP contribution < -0.4 is 5.32 Å². The molecule has 1 atom stereocenters. The third-order valence-electron chi connectivity index (χ3n) is 4.26. The molecule has 1 fully saturated rings. The van der Waals surface area contributed by atoms with Crippen LogP contribution in [0.4, 0.5) is 5.13 Å². The van der Waals surface area contributed by atoms with Gasteiger partial charge in [0, 0.05) is 25.1 Å². The molecule has 1 aliphatic rings. The van der Waals surface area contributed by atoms with Crippen molar-refractivity contribution in [3.8, 4) is 0 Å². The summed E-state index contributed by atoms with van der Waals surface area (Å²) in [5.41, 5.74) is 0.664. The number of carbonyl (C=O) groups excluding carboxylic acids is 2. The van der Waals surface area contributed by atoms with Crippen molar-refractivity contribution < 1.29 is 9.59 Å². The largest absolute Gasteiger partial charge is 0.338 e. The number of carbonyl (C=O) groups is 2. The Morgan fingerprint density at radius 1 is 1.28 bits per heavy atom. The van der Waals surface area contributed by atoms with Crippen molar-refractivity contribution >= 4 is 28.3 Å². The zero-order chi connectivity index (χ0) is 17.6. The molecule has 6 nitrogen and oxygen atoms in total. The normalized spacial score (nSPS) is 17.3. The van der Waals surface area contributed by atoms with Crippen LogP contribution in [0.2, 0.25) is 0 Å². The van der Waals surface area contributed by atoms with Crippen LogP contribution >= 0.6 is 11.3 Å². The molecule has 2 heterocycles. The van der Waals surface area contributed by atoms with Gasteiger partial charge >= 0.3 is 0 Å². The standard InChI is InChI=1S/C18H22N4O2S/c1-2-7-15-20-21-18(25-15)19-16(23)14-10-6-11-22(12-14)17(24)13-8-4-3-5-9-13/h3-5,8-9,14H,2,6-7,10-12H2,1H3,(H,19,21,23). The quantitative estimate of drug-likeness (QED) is 0.891. The van der Waals surface area contributed by atoms with Gasteiger partial charge in [0.05, 0.1) is 5.92 Å². The zero-order valence-electron chi connectivity index (χ0n) is 14.3. The first-order chi connectivity index (χ1) is 12.2. The van der Waals surface area contributed by atoms with Crippen LogP contribution in [-0.4, -0.2) is 40.0 Å². The molecule has 1 aromatic heterocycles. The number of hydrogen-bond donors (Lipinski definition) is 1. The van der Waals surface area contributed by atoms with E-state index in [0.29, 0.717) is 23.8 Å². The lowest BCUT2D eigenvalue weighted by molar-refractivity contribution is -0.121. The number of likely N-dealkylation sites (tertiary alicyclic amines) is 1. The van der Waals surface area contributed by atoms with Gasteiger partial charge in [0.2, 0.25) is 11.0 Å². The van der Waals surface area contributed by atoms with Crippen LogP contribution in [0.1, 0.15) is 41.6 Å². The summed E-state index contributed by atoms with van der Waals surface area (Å²) in [5.74, 6) is -0.302. The molecule has 1 saturated heterocycles. The molecule has 2 amide bonds. The Morgan fingerprint density at radius 2 is 2.08 bits per heavy atom. The molecule has 0 radical (unpaired) electrons. The van der Waals surface area contributed by atoms with E-state index in [4.69, 9.17) is 0 Å². The van der Waals surface area contributed by atoms with Crippen molar-refractivity contribution in [2.45, 2.75) is 32.6 Å². The number of anilines is 1. The number of aromatic nitrogens is 2. The first-order valence-corrected chi connectivity index (χ1v) is 9.46. The highest BCUT2D eigenvalue weighted by molar-refractivity contribution is 7.15. The van der Waals surface area contributed by atoms with Gasteiger partial charge in [-0.3, -0.25) is 9.59 Å². The second kappa shape index (κ2) is 8.20. The number of benzene rings is 1.